The molecule has 2 heterocycles. The summed E-state index contributed by atoms with van der Waals surface area (Å²) in [6.07, 6.45) is 4.24. The molecular formula is C21H22N4O2. The summed E-state index contributed by atoms with van der Waals surface area (Å²) in [6, 6.07) is 15.8. The average molecular weight is 362 g/mol. The van der Waals surface area contributed by atoms with Crippen LogP contribution < -0.4 is 9.80 Å². The van der Waals surface area contributed by atoms with Crippen LogP contribution in [-0.2, 0) is 24.3 Å². The van der Waals surface area contributed by atoms with Crippen LogP contribution in [0.4, 0.5) is 16.2 Å². The summed E-state index contributed by atoms with van der Waals surface area (Å²) < 4.78 is 5.43. The van der Waals surface area contributed by atoms with E-state index in [4.69, 9.17) is 4.74 Å². The Morgan fingerprint density at radius 3 is 2.89 bits per heavy atom. The van der Waals surface area contributed by atoms with Crippen LogP contribution in [0.5, 0.6) is 0 Å². The molecule has 6 heteroatoms. The van der Waals surface area contributed by atoms with Crippen LogP contribution in [0.3, 0.4) is 0 Å². The van der Waals surface area contributed by atoms with E-state index in [0.29, 0.717) is 0 Å². The van der Waals surface area contributed by atoms with Gasteiger partial charge in [0.05, 0.1) is 18.6 Å². The van der Waals surface area contributed by atoms with Crippen LogP contribution in [0.15, 0.2) is 61.1 Å². The van der Waals surface area contributed by atoms with Gasteiger partial charge in [0.2, 0.25) is 0 Å². The monoisotopic (exact) mass is 362 g/mol. The van der Waals surface area contributed by atoms with Crippen LogP contribution in [0.25, 0.3) is 0 Å². The first-order valence-corrected chi connectivity index (χ1v) is 9.00. The van der Waals surface area contributed by atoms with E-state index in [1.54, 1.807) is 18.3 Å². The van der Waals surface area contributed by atoms with Crippen molar-refractivity contribution in [2.24, 2.45) is 0 Å². The van der Waals surface area contributed by atoms with Crippen molar-refractivity contribution in [2.45, 2.75) is 19.6 Å². The first-order valence-electron chi connectivity index (χ1n) is 9.00. The highest BCUT2D eigenvalue weighted by atomic mass is 16.6. The molecule has 0 radical (unpaired) electrons. The van der Waals surface area contributed by atoms with Crippen molar-refractivity contribution in [3.05, 3.63) is 77.9 Å². The Bertz CT molecular complexity index is 909. The number of anilines is 2. The van der Waals surface area contributed by atoms with Gasteiger partial charge in [-0.15, -0.1) is 0 Å². The molecule has 0 atom stereocenters. The Kier molecular flexibility index (Phi) is 4.78. The summed E-state index contributed by atoms with van der Waals surface area (Å²) >= 11 is 0. The number of imidazole rings is 1. The molecule has 0 unspecified atom stereocenters. The lowest BCUT2D eigenvalue weighted by atomic mass is 10.1. The number of nitrogens with zero attached hydrogens (tertiary/aromatic N) is 3. The highest BCUT2D eigenvalue weighted by Gasteiger charge is 2.22. The van der Waals surface area contributed by atoms with Crippen LogP contribution >= 0.6 is 0 Å². The van der Waals surface area contributed by atoms with E-state index in [2.05, 4.69) is 27.0 Å². The van der Waals surface area contributed by atoms with Crippen LogP contribution in [0, 0.1) is 0 Å². The summed E-state index contributed by atoms with van der Waals surface area (Å²) in [5.74, 6) is 0. The van der Waals surface area contributed by atoms with E-state index in [9.17, 15) is 4.79 Å². The Morgan fingerprint density at radius 2 is 2.11 bits per heavy atom. The van der Waals surface area contributed by atoms with Gasteiger partial charge in [-0.25, -0.2) is 9.78 Å². The third-order valence-corrected chi connectivity index (χ3v) is 4.83. The lowest BCUT2D eigenvalue weighted by molar-refractivity contribution is 0.148. The van der Waals surface area contributed by atoms with Gasteiger partial charge in [0, 0.05) is 31.2 Å². The number of ether oxygens (including phenoxy) is 1. The first-order chi connectivity index (χ1) is 13.2. The molecule has 1 N–H and O–H groups in total. The third kappa shape index (κ3) is 3.79. The average Bonchev–Trinajstić information content (AvgIpc) is 3.36. The summed E-state index contributed by atoms with van der Waals surface area (Å²) in [6.45, 7) is 1.97. The largest absolute Gasteiger partial charge is 0.444 e. The molecule has 2 aromatic carbocycles. The van der Waals surface area contributed by atoms with Gasteiger partial charge in [-0.05, 0) is 29.7 Å². The first kappa shape index (κ1) is 17.1. The number of fused-ring (bicyclic) bond motifs is 1. The topological polar surface area (TPSA) is 61.5 Å². The molecule has 1 aliphatic rings. The van der Waals surface area contributed by atoms with Gasteiger partial charge >= 0.3 is 6.09 Å². The van der Waals surface area contributed by atoms with Gasteiger partial charge in [0.1, 0.15) is 6.61 Å². The molecule has 27 heavy (non-hydrogen) atoms. The van der Waals surface area contributed by atoms with Crippen LogP contribution in [-0.4, -0.2) is 29.7 Å². The lowest BCUT2D eigenvalue weighted by Crippen LogP contribution is -2.27. The third-order valence-electron chi connectivity index (χ3n) is 4.83. The maximum atomic E-state index is 12.4. The molecule has 4 rings (SSSR count). The van der Waals surface area contributed by atoms with Gasteiger partial charge in [-0.3, -0.25) is 4.90 Å². The normalized spacial score (nSPS) is 12.7. The van der Waals surface area contributed by atoms with Crippen molar-refractivity contribution >= 4 is 17.5 Å². The van der Waals surface area contributed by atoms with Crippen molar-refractivity contribution in [2.75, 3.05) is 23.4 Å². The SMILES string of the molecule is CN(C(=O)OCc1ccccc1)c1ccc2c(c1)N(Cc1c[nH]cn1)CC2. The van der Waals surface area contributed by atoms with Crippen molar-refractivity contribution < 1.29 is 9.53 Å². The minimum Gasteiger partial charge on any atom is -0.444 e. The zero-order valence-corrected chi connectivity index (χ0v) is 15.3. The number of benzene rings is 2. The second kappa shape index (κ2) is 7.53. The van der Waals surface area contributed by atoms with Crippen molar-refractivity contribution in [3.8, 4) is 0 Å². The second-order valence-electron chi connectivity index (χ2n) is 6.64. The van der Waals surface area contributed by atoms with Crippen LogP contribution in [0.2, 0.25) is 0 Å². The maximum absolute atomic E-state index is 12.4. The van der Waals surface area contributed by atoms with E-state index in [1.165, 1.54) is 5.56 Å². The second-order valence-corrected chi connectivity index (χ2v) is 6.64. The summed E-state index contributed by atoms with van der Waals surface area (Å²) in [4.78, 5) is 23.6. The smallest absolute Gasteiger partial charge is 0.414 e. The molecule has 1 aromatic heterocycles. The van der Waals surface area contributed by atoms with Crippen molar-refractivity contribution in [3.63, 3.8) is 0 Å². The van der Waals surface area contributed by atoms with E-state index in [0.717, 1.165) is 42.1 Å². The highest BCUT2D eigenvalue weighted by Crippen LogP contribution is 2.33. The number of aromatic amines is 1. The number of H-pyrrole nitrogens is 1. The molecule has 0 aliphatic carbocycles. The van der Waals surface area contributed by atoms with Gasteiger partial charge in [0.25, 0.3) is 0 Å². The Hall–Kier alpha value is -3.28. The highest BCUT2D eigenvalue weighted by molar-refractivity contribution is 5.88. The number of nitrogens with one attached hydrogen (secondary N) is 1. The molecule has 0 bridgehead atoms. The molecule has 0 fully saturated rings. The summed E-state index contributed by atoms with van der Waals surface area (Å²) in [7, 11) is 1.74. The number of hydrogen-bond donors (Lipinski definition) is 1. The number of aromatic nitrogens is 2. The Labute approximate surface area is 158 Å². The van der Waals surface area contributed by atoms with Gasteiger partial charge < -0.3 is 14.6 Å². The summed E-state index contributed by atoms with van der Waals surface area (Å²) in [5, 5.41) is 0. The minimum atomic E-state index is -0.365. The molecule has 0 saturated carbocycles. The zero-order valence-electron chi connectivity index (χ0n) is 15.3. The maximum Gasteiger partial charge on any atom is 0.414 e. The standard InChI is InChI=1S/C21H22N4O2/c1-24(21(26)27-14-16-5-3-2-4-6-16)19-8-7-17-9-10-25(20(17)11-19)13-18-12-22-15-23-18/h2-8,11-12,15H,9-10,13-14H2,1H3,(H,22,23). The molecule has 1 amide bonds. The van der Waals surface area contributed by atoms with Gasteiger partial charge in [0.15, 0.2) is 0 Å². The number of carbonyl (C=O) groups excluding carboxylic acids is 1. The quantitative estimate of drug-likeness (QED) is 0.751. The molecule has 138 valence electrons. The predicted octanol–water partition coefficient (Wildman–Crippen LogP) is 3.75. The Morgan fingerprint density at radius 1 is 1.26 bits per heavy atom. The summed E-state index contributed by atoms with van der Waals surface area (Å²) in [5.41, 5.74) is 5.24. The fourth-order valence-electron chi connectivity index (χ4n) is 3.30. The van der Waals surface area contributed by atoms with E-state index in [1.807, 2.05) is 42.6 Å². The zero-order chi connectivity index (χ0) is 18.6. The molecule has 0 saturated heterocycles. The van der Waals surface area contributed by atoms with Crippen molar-refractivity contribution in [1.82, 2.24) is 9.97 Å². The molecular weight excluding hydrogens is 340 g/mol. The van der Waals surface area contributed by atoms with E-state index in [-0.39, 0.29) is 12.7 Å². The van der Waals surface area contributed by atoms with Gasteiger partial charge in [-0.1, -0.05) is 36.4 Å². The number of carbonyl (C=O) groups is 1. The number of rotatable bonds is 5. The molecule has 6 nitrogen and oxygen atoms in total. The Balaban J connectivity index is 1.45. The molecule has 0 spiro atoms. The van der Waals surface area contributed by atoms with E-state index < -0.39 is 0 Å². The number of hydrogen-bond acceptors (Lipinski definition) is 4. The number of amides is 1. The molecule has 3 aromatic rings. The molecule has 1 aliphatic heterocycles. The lowest BCUT2D eigenvalue weighted by Gasteiger charge is -2.22. The van der Waals surface area contributed by atoms with Gasteiger partial charge in [-0.2, -0.15) is 0 Å². The predicted molar refractivity (Wildman–Crippen MR) is 105 cm³/mol. The fraction of sp³-hybridized carbons (Fsp3) is 0.238. The van der Waals surface area contributed by atoms with Crippen LogP contribution in [0.1, 0.15) is 16.8 Å². The van der Waals surface area contributed by atoms with Crippen molar-refractivity contribution in [1.29, 1.82) is 0 Å². The minimum absolute atomic E-state index is 0.264. The fourth-order valence-corrected chi connectivity index (χ4v) is 3.30. The van der Waals surface area contributed by atoms with E-state index >= 15 is 0 Å².